The molecule has 0 radical (unpaired) electrons. The van der Waals surface area contributed by atoms with Gasteiger partial charge in [0, 0.05) is 21.9 Å². The maximum atomic E-state index is 13.3. The van der Waals surface area contributed by atoms with Crippen molar-refractivity contribution in [1.82, 2.24) is 0 Å². The monoisotopic (exact) mass is 586 g/mol. The molecule has 0 N–H and O–H groups in total. The van der Waals surface area contributed by atoms with Gasteiger partial charge < -0.3 is 13.9 Å². The summed E-state index contributed by atoms with van der Waals surface area (Å²) in [6.07, 6.45) is 0. The molecule has 0 spiro atoms. The molecule has 0 atom stereocenters. The van der Waals surface area contributed by atoms with Crippen molar-refractivity contribution in [2.45, 2.75) is 58.7 Å². The second-order valence-electron chi connectivity index (χ2n) is 11.9. The Hall–Kier alpha value is -2.80. The highest BCUT2D eigenvalue weighted by molar-refractivity contribution is 7.79. The average molecular weight is 587 g/mol. The summed E-state index contributed by atoms with van der Waals surface area (Å²) in [4.78, 5) is 0. The van der Waals surface area contributed by atoms with E-state index in [1.54, 1.807) is 0 Å². The summed E-state index contributed by atoms with van der Waals surface area (Å²) in [5.41, 5.74) is 3.09. The third-order valence-electron chi connectivity index (χ3n) is 7.65. The van der Waals surface area contributed by atoms with E-state index in [0.29, 0.717) is 18.2 Å². The summed E-state index contributed by atoms with van der Waals surface area (Å²) in [7, 11) is -4.23. The van der Waals surface area contributed by atoms with Gasteiger partial charge in [-0.15, -0.1) is 0 Å². The Morgan fingerprint density at radius 2 is 0.878 bits per heavy atom. The number of rotatable bonds is 5. The lowest BCUT2D eigenvalue weighted by molar-refractivity contribution is 0.487. The Morgan fingerprint density at radius 3 is 1.20 bits per heavy atom. The topological polar surface area (TPSA) is 43.4 Å². The molecule has 0 amide bonds. The molecule has 1 heterocycles. The van der Waals surface area contributed by atoms with Crippen LogP contribution in [0.1, 0.15) is 41.5 Å². The van der Waals surface area contributed by atoms with Gasteiger partial charge in [-0.05, 0) is 36.4 Å². The minimum Gasteiger partial charge on any atom is -0.458 e. The highest BCUT2D eigenvalue weighted by Gasteiger charge is 2.32. The van der Waals surface area contributed by atoms with E-state index >= 15 is 0 Å². The Balaban J connectivity index is 0.000000185. The minimum atomic E-state index is -2.50. The van der Waals surface area contributed by atoms with Gasteiger partial charge in [-0.3, -0.25) is 0 Å². The molecule has 0 saturated heterocycles. The highest BCUT2D eigenvalue weighted by atomic mass is 31.2. The maximum Gasteiger partial charge on any atom is 0.221 e. The van der Waals surface area contributed by atoms with Crippen molar-refractivity contribution < 1.29 is 13.9 Å². The molecule has 0 aliphatic carbocycles. The van der Waals surface area contributed by atoms with Crippen molar-refractivity contribution in [1.29, 1.82) is 0 Å². The van der Waals surface area contributed by atoms with E-state index in [9.17, 15) is 9.13 Å². The zero-order valence-electron chi connectivity index (χ0n) is 25.8. The number of fused-ring (bicyclic) bond motifs is 2. The molecule has 4 aromatic carbocycles. The molecule has 4 aromatic rings. The van der Waals surface area contributed by atoms with Crippen LogP contribution >= 0.6 is 14.3 Å². The number of para-hydroxylation sites is 2. The maximum absolute atomic E-state index is 13.3. The van der Waals surface area contributed by atoms with Crippen molar-refractivity contribution in [3.63, 3.8) is 0 Å². The Kier molecular flexibility index (Phi) is 11.5. The molecule has 216 valence electrons. The summed E-state index contributed by atoms with van der Waals surface area (Å²) in [6, 6.07) is 36.3. The van der Waals surface area contributed by atoms with E-state index in [1.807, 2.05) is 114 Å². The van der Waals surface area contributed by atoms with Gasteiger partial charge in [-0.2, -0.15) is 0 Å². The molecule has 0 saturated carbocycles. The predicted molar refractivity (Wildman–Crippen MR) is 183 cm³/mol. The zero-order chi connectivity index (χ0) is 30.2. The first-order valence-corrected chi connectivity index (χ1v) is 18.9. The van der Waals surface area contributed by atoms with Crippen molar-refractivity contribution in [2.24, 2.45) is 0 Å². The molecular weight excluding hydrogens is 541 g/mol. The Bertz CT molecular complexity index is 1390. The lowest BCUT2D eigenvalue weighted by atomic mass is 9.33. The summed E-state index contributed by atoms with van der Waals surface area (Å²) < 4.78 is 30.2. The van der Waals surface area contributed by atoms with Gasteiger partial charge >= 0.3 is 0 Å². The Labute approximate surface area is 248 Å². The second-order valence-corrected chi connectivity index (χ2v) is 19.1. The van der Waals surface area contributed by atoms with Crippen molar-refractivity contribution in [3.8, 4) is 11.5 Å². The molecular formula is C35H45BO3P2. The van der Waals surface area contributed by atoms with Crippen LogP contribution in [0.25, 0.3) is 0 Å². The molecule has 0 unspecified atom stereocenters. The van der Waals surface area contributed by atoms with E-state index in [2.05, 4.69) is 50.2 Å². The lowest BCUT2D eigenvalue weighted by Gasteiger charge is -2.28. The number of hydrogen-bond donors (Lipinski definition) is 0. The van der Waals surface area contributed by atoms with Crippen LogP contribution < -0.4 is 26.3 Å². The summed E-state index contributed by atoms with van der Waals surface area (Å²) in [5.74, 6) is 2.58. The number of ether oxygens (including phenoxy) is 1. The fraction of sp³-hybridized carbons (Fsp3) is 0.314. The first-order chi connectivity index (χ1) is 19.4. The first kappa shape index (κ1) is 32.7. The smallest absolute Gasteiger partial charge is 0.221 e. The minimum absolute atomic E-state index is 0.118. The fourth-order valence-corrected chi connectivity index (χ4v) is 7.43. The van der Waals surface area contributed by atoms with Crippen molar-refractivity contribution >= 4 is 42.5 Å². The fourth-order valence-electron chi connectivity index (χ4n) is 4.71. The quantitative estimate of drug-likeness (QED) is 0.175. The van der Waals surface area contributed by atoms with Crippen LogP contribution in [-0.2, 0) is 9.13 Å². The zero-order valence-corrected chi connectivity index (χ0v) is 27.6. The van der Waals surface area contributed by atoms with Gasteiger partial charge in [0.05, 0.1) is 7.14 Å². The largest absolute Gasteiger partial charge is 0.458 e. The third-order valence-corrected chi connectivity index (χ3v) is 13.7. The van der Waals surface area contributed by atoms with E-state index in [-0.39, 0.29) is 5.66 Å². The molecule has 0 bridgehead atoms. The van der Waals surface area contributed by atoms with Gasteiger partial charge in [0.25, 0.3) is 0 Å². The number of benzene rings is 4. The molecule has 5 rings (SSSR count). The first-order valence-electron chi connectivity index (χ1n) is 14.5. The van der Waals surface area contributed by atoms with Crippen LogP contribution in [0.5, 0.6) is 11.5 Å². The van der Waals surface area contributed by atoms with Crippen LogP contribution in [0.15, 0.2) is 109 Å². The Morgan fingerprint density at radius 1 is 0.537 bits per heavy atom. The lowest BCUT2D eigenvalue weighted by Crippen LogP contribution is -2.48. The SMILES string of the molecule is CC(C)B1c2ccccc2Oc2ccccc21.CC(C)P(=O)(c1ccccc1)c1ccccc1.CC(C)P(C)(C)=O. The van der Waals surface area contributed by atoms with E-state index in [0.717, 1.165) is 22.1 Å². The second kappa shape index (κ2) is 14.4. The van der Waals surface area contributed by atoms with E-state index < -0.39 is 14.3 Å². The molecule has 1 aliphatic heterocycles. The molecule has 3 nitrogen and oxygen atoms in total. The van der Waals surface area contributed by atoms with Gasteiger partial charge in [0.15, 0.2) is 0 Å². The van der Waals surface area contributed by atoms with Crippen molar-refractivity contribution in [3.05, 3.63) is 109 Å². The van der Waals surface area contributed by atoms with Gasteiger partial charge in [-0.1, -0.05) is 144 Å². The normalized spacial score (nSPS) is 12.4. The molecule has 0 aromatic heterocycles. The van der Waals surface area contributed by atoms with Crippen LogP contribution in [0, 0.1) is 0 Å². The van der Waals surface area contributed by atoms with Crippen LogP contribution in [0.4, 0.5) is 0 Å². The summed E-state index contributed by atoms with van der Waals surface area (Å²) >= 11 is 0. The van der Waals surface area contributed by atoms with E-state index in [4.69, 9.17) is 4.74 Å². The van der Waals surface area contributed by atoms with Gasteiger partial charge in [-0.25, -0.2) is 0 Å². The predicted octanol–water partition coefficient (Wildman–Crippen LogP) is 8.24. The third kappa shape index (κ3) is 8.15. The van der Waals surface area contributed by atoms with Gasteiger partial charge in [0.1, 0.15) is 18.6 Å². The van der Waals surface area contributed by atoms with Gasteiger partial charge in [0.2, 0.25) is 6.71 Å². The number of hydrogen-bond acceptors (Lipinski definition) is 3. The standard InChI is InChI=1S/C15H15BO.C15H17OP.C5H13OP/c1-11(2)16-12-7-3-5-9-14(12)17-15-10-6-4-8-13(15)16;1-13(2)17(16,14-9-5-3-6-10-14)15-11-7-4-8-12-15;1-5(2)7(3,4)6/h3-11H,1-2H3;3-13H,1-2H3;5H,1-4H3. The summed E-state index contributed by atoms with van der Waals surface area (Å²) in [5, 5.41) is 1.89. The van der Waals surface area contributed by atoms with Crippen LogP contribution in [-0.4, -0.2) is 31.4 Å². The van der Waals surface area contributed by atoms with E-state index in [1.165, 1.54) is 10.9 Å². The summed E-state index contributed by atoms with van der Waals surface area (Å²) in [6.45, 7) is 16.6. The average Bonchev–Trinajstić information content (AvgIpc) is 2.96. The molecule has 6 heteroatoms. The van der Waals surface area contributed by atoms with Crippen LogP contribution in [0.3, 0.4) is 0 Å². The van der Waals surface area contributed by atoms with Crippen LogP contribution in [0.2, 0.25) is 5.82 Å². The molecule has 0 fully saturated rings. The van der Waals surface area contributed by atoms with Crippen molar-refractivity contribution in [2.75, 3.05) is 13.3 Å². The molecule has 41 heavy (non-hydrogen) atoms. The molecule has 1 aliphatic rings. The highest BCUT2D eigenvalue weighted by Crippen LogP contribution is 2.48.